The fourth-order valence-electron chi connectivity index (χ4n) is 2.50. The summed E-state index contributed by atoms with van der Waals surface area (Å²) in [5, 5.41) is 9.93. The zero-order valence-electron chi connectivity index (χ0n) is 12.9. The quantitative estimate of drug-likeness (QED) is 0.322. The zero-order chi connectivity index (χ0) is 15.2. The van der Waals surface area contributed by atoms with Gasteiger partial charge in [-0.3, -0.25) is 14.8 Å². The van der Waals surface area contributed by atoms with Crippen LogP contribution in [0.3, 0.4) is 0 Å². The maximum Gasteiger partial charge on any atom is 0.233 e. The molecule has 1 aliphatic heterocycles. The van der Waals surface area contributed by atoms with E-state index >= 15 is 0 Å². The predicted molar refractivity (Wildman–Crippen MR) is 76.0 cm³/mol. The van der Waals surface area contributed by atoms with Gasteiger partial charge in [0, 0.05) is 0 Å². The molecule has 116 valence electrons. The summed E-state index contributed by atoms with van der Waals surface area (Å²) in [4.78, 5) is 25.0. The predicted octanol–water partition coefficient (Wildman–Crippen LogP) is 0.559. The number of likely N-dealkylation sites (N-methyl/N-ethyl adjacent to an activating group) is 1. The minimum atomic E-state index is -0.293. The molecule has 0 aromatic carbocycles. The Balaban J connectivity index is 2.60. The van der Waals surface area contributed by atoms with Crippen LogP contribution in [0.1, 0.15) is 26.2 Å². The fraction of sp³-hybridized carbons (Fsp3) is 0.857. The molecular weight excluding hydrogens is 258 g/mol. The Hall–Kier alpha value is -1.14. The number of hydroxylamine groups is 2. The summed E-state index contributed by atoms with van der Waals surface area (Å²) >= 11 is 0. The first-order valence-corrected chi connectivity index (χ1v) is 7.41. The van der Waals surface area contributed by atoms with E-state index in [0.29, 0.717) is 11.5 Å². The van der Waals surface area contributed by atoms with Gasteiger partial charge in [0.05, 0.1) is 52.7 Å². The topological polar surface area (TPSA) is 60.9 Å². The molecule has 1 rings (SSSR count). The number of piperazine rings is 1. The molecule has 6 heteroatoms. The molecule has 1 aliphatic rings. The Kier molecular flexibility index (Phi) is 6.42. The molecule has 0 saturated carbocycles. The van der Waals surface area contributed by atoms with Gasteiger partial charge >= 0.3 is 0 Å². The van der Waals surface area contributed by atoms with Gasteiger partial charge in [0.2, 0.25) is 12.3 Å². The van der Waals surface area contributed by atoms with E-state index in [0.717, 1.165) is 49.9 Å². The summed E-state index contributed by atoms with van der Waals surface area (Å²) in [5.74, 6) is -0.224. The van der Waals surface area contributed by atoms with Crippen molar-refractivity contribution in [3.8, 4) is 0 Å². The van der Waals surface area contributed by atoms with Crippen molar-refractivity contribution < 1.29 is 19.3 Å². The van der Waals surface area contributed by atoms with Crippen molar-refractivity contribution in [3.05, 3.63) is 0 Å². The Bertz CT molecular complexity index is 324. The van der Waals surface area contributed by atoms with Crippen LogP contribution in [0.5, 0.6) is 0 Å². The van der Waals surface area contributed by atoms with E-state index in [1.54, 1.807) is 0 Å². The lowest BCUT2D eigenvalue weighted by Crippen LogP contribution is -2.57. The molecule has 0 unspecified atom stereocenters. The number of carbonyl (C=O) groups excluding carboxylic acids is 2. The van der Waals surface area contributed by atoms with Crippen molar-refractivity contribution in [3.63, 3.8) is 0 Å². The second-order valence-corrected chi connectivity index (χ2v) is 6.27. The van der Waals surface area contributed by atoms with Gasteiger partial charge in [-0.25, -0.2) is 5.06 Å². The van der Waals surface area contributed by atoms with Crippen molar-refractivity contribution in [2.45, 2.75) is 26.2 Å². The van der Waals surface area contributed by atoms with Crippen LogP contribution >= 0.6 is 0 Å². The van der Waals surface area contributed by atoms with E-state index < -0.39 is 0 Å². The highest BCUT2D eigenvalue weighted by Crippen LogP contribution is 2.16. The molecule has 1 N–H and O–H groups in total. The first-order valence-electron chi connectivity index (χ1n) is 7.41. The third-order valence-corrected chi connectivity index (χ3v) is 4.05. The lowest BCUT2D eigenvalue weighted by molar-refractivity contribution is -0.894. The summed E-state index contributed by atoms with van der Waals surface area (Å²) in [6, 6.07) is 0. The van der Waals surface area contributed by atoms with Crippen LogP contribution in [0.25, 0.3) is 0 Å². The summed E-state index contributed by atoms with van der Waals surface area (Å²) in [5.41, 5.74) is 0. The smallest absolute Gasteiger partial charge is 0.233 e. The van der Waals surface area contributed by atoms with E-state index in [2.05, 4.69) is 21.0 Å². The van der Waals surface area contributed by atoms with Crippen LogP contribution in [-0.4, -0.2) is 78.8 Å². The van der Waals surface area contributed by atoms with Crippen LogP contribution in [0.15, 0.2) is 0 Å². The maximum atomic E-state index is 12.5. The van der Waals surface area contributed by atoms with Gasteiger partial charge in [-0.15, -0.1) is 0 Å². The third-order valence-electron chi connectivity index (χ3n) is 4.05. The van der Waals surface area contributed by atoms with Gasteiger partial charge < -0.3 is 9.38 Å². The van der Waals surface area contributed by atoms with Crippen molar-refractivity contribution in [1.29, 1.82) is 0 Å². The lowest BCUT2D eigenvalue weighted by atomic mass is 9.99. The number of carbonyl (C=O) groups is 2. The molecule has 0 bridgehead atoms. The highest BCUT2D eigenvalue weighted by molar-refractivity contribution is 5.79. The van der Waals surface area contributed by atoms with Crippen LogP contribution in [-0.2, 0) is 9.59 Å². The Labute approximate surface area is 121 Å². The minimum Gasteiger partial charge on any atom is -0.331 e. The van der Waals surface area contributed by atoms with Crippen molar-refractivity contribution in [1.82, 2.24) is 9.96 Å². The highest BCUT2D eigenvalue weighted by atomic mass is 16.5. The molecule has 2 amide bonds. The summed E-state index contributed by atoms with van der Waals surface area (Å²) < 4.78 is 0.934. The average Bonchev–Trinajstić information content (AvgIpc) is 2.42. The number of amides is 2. The Morgan fingerprint density at radius 2 is 2.00 bits per heavy atom. The number of rotatable bonds is 7. The first-order chi connectivity index (χ1) is 9.39. The maximum absolute atomic E-state index is 12.5. The van der Waals surface area contributed by atoms with E-state index in [1.165, 1.54) is 0 Å². The third kappa shape index (κ3) is 5.09. The second-order valence-electron chi connectivity index (χ2n) is 6.27. The first kappa shape index (κ1) is 16.9. The number of unbranched alkanes of at least 4 members (excludes halogenated alkanes) is 1. The van der Waals surface area contributed by atoms with Gasteiger partial charge in [0.25, 0.3) is 0 Å². The highest BCUT2D eigenvalue weighted by Gasteiger charge is 2.31. The number of hydrogen-bond acceptors (Lipinski definition) is 3. The minimum absolute atomic E-state index is 0.0686. The average molecular weight is 286 g/mol. The van der Waals surface area contributed by atoms with Crippen molar-refractivity contribution in [2.24, 2.45) is 5.92 Å². The van der Waals surface area contributed by atoms with Crippen molar-refractivity contribution in [2.75, 3.05) is 46.8 Å². The molecule has 6 nitrogen and oxygen atoms in total. The molecule has 1 saturated heterocycles. The van der Waals surface area contributed by atoms with E-state index in [4.69, 9.17) is 0 Å². The molecule has 0 aromatic rings. The molecule has 0 radical (unpaired) electrons. The van der Waals surface area contributed by atoms with Gasteiger partial charge in [-0.05, 0) is 6.42 Å². The molecule has 20 heavy (non-hydrogen) atoms. The molecular formula is C14H28N3O3+. The standard InChI is InChI=1S/C14H28N3O3/c1-4-5-6-13(11-16(20)12-18)14(19)15-7-9-17(2,3)10-8-15/h12-13,20H,4-11H2,1-3H3/q+1/t13-/m1/s1. The van der Waals surface area contributed by atoms with E-state index in [9.17, 15) is 14.8 Å². The number of quaternary nitrogens is 1. The number of hydrogen-bond donors (Lipinski definition) is 1. The Morgan fingerprint density at radius 1 is 1.40 bits per heavy atom. The summed E-state index contributed by atoms with van der Waals surface area (Å²) in [7, 11) is 4.33. The normalized spacial score (nSPS) is 19.5. The monoisotopic (exact) mass is 286 g/mol. The van der Waals surface area contributed by atoms with E-state index in [-0.39, 0.29) is 18.4 Å². The summed E-state index contributed by atoms with van der Waals surface area (Å²) in [6.45, 7) is 5.56. The van der Waals surface area contributed by atoms with Crippen molar-refractivity contribution >= 4 is 12.3 Å². The summed E-state index contributed by atoms with van der Waals surface area (Å²) in [6.07, 6.45) is 3.01. The van der Waals surface area contributed by atoms with Crippen LogP contribution in [0.2, 0.25) is 0 Å². The molecule has 1 heterocycles. The molecule has 0 aliphatic carbocycles. The van der Waals surface area contributed by atoms with Gasteiger partial charge in [-0.2, -0.15) is 0 Å². The Morgan fingerprint density at radius 3 is 2.50 bits per heavy atom. The number of nitrogens with zero attached hydrogens (tertiary/aromatic N) is 3. The second kappa shape index (κ2) is 7.59. The van der Waals surface area contributed by atoms with Crippen LogP contribution in [0, 0.1) is 5.92 Å². The lowest BCUT2D eigenvalue weighted by Gasteiger charge is -2.40. The molecule has 1 fully saturated rings. The molecule has 0 spiro atoms. The zero-order valence-corrected chi connectivity index (χ0v) is 12.9. The molecule has 1 atom stereocenters. The van der Waals surface area contributed by atoms with Gasteiger partial charge in [0.1, 0.15) is 0 Å². The van der Waals surface area contributed by atoms with Crippen LogP contribution in [0.4, 0.5) is 0 Å². The fourth-order valence-corrected chi connectivity index (χ4v) is 2.50. The largest absolute Gasteiger partial charge is 0.331 e. The molecule has 0 aromatic heterocycles. The van der Waals surface area contributed by atoms with Gasteiger partial charge in [0.15, 0.2) is 0 Å². The van der Waals surface area contributed by atoms with E-state index in [1.807, 2.05) is 4.90 Å². The van der Waals surface area contributed by atoms with Crippen LogP contribution < -0.4 is 0 Å². The van der Waals surface area contributed by atoms with Gasteiger partial charge in [-0.1, -0.05) is 19.8 Å². The SMILES string of the molecule is CCCC[C@H](CN(O)C=O)C(=O)N1CC[N+](C)(C)CC1.